The molecule has 1 aliphatic rings. The summed E-state index contributed by atoms with van der Waals surface area (Å²) in [6.45, 7) is 4.64. The van der Waals surface area contributed by atoms with Crippen LogP contribution in [-0.4, -0.2) is 49.0 Å². The number of amides is 1. The van der Waals surface area contributed by atoms with Crippen LogP contribution in [0.2, 0.25) is 0 Å². The Balaban J connectivity index is 1.52. The van der Waals surface area contributed by atoms with Gasteiger partial charge in [-0.1, -0.05) is 6.07 Å². The maximum Gasteiger partial charge on any atom is 0.289 e. The van der Waals surface area contributed by atoms with E-state index in [0.717, 1.165) is 32.7 Å². The number of carbonyl (C=O) groups excluding carboxylic acids is 1. The van der Waals surface area contributed by atoms with Crippen molar-refractivity contribution in [2.75, 3.05) is 33.3 Å². The van der Waals surface area contributed by atoms with Crippen LogP contribution in [0.3, 0.4) is 0 Å². The summed E-state index contributed by atoms with van der Waals surface area (Å²) < 4.78 is 10.5. The molecule has 0 aliphatic carbocycles. The van der Waals surface area contributed by atoms with E-state index in [-0.39, 0.29) is 5.91 Å². The molecule has 1 amide bonds. The smallest absolute Gasteiger partial charge is 0.289 e. The number of methoxy groups -OCH3 is 1. The highest BCUT2D eigenvalue weighted by atomic mass is 32.1. The first kappa shape index (κ1) is 15.3. The van der Waals surface area contributed by atoms with Gasteiger partial charge < -0.3 is 14.1 Å². The average molecular weight is 320 g/mol. The lowest BCUT2D eigenvalue weighted by atomic mass is 10.2. The standard InChI is InChI=1S/C16H20N2O3S/c1-20-12-13-4-5-15(21-13)16(19)18-8-6-17(7-9-18)11-14-3-2-10-22-14/h2-5,10H,6-9,11-12H2,1H3. The molecule has 1 fully saturated rings. The first-order chi connectivity index (χ1) is 10.8. The highest BCUT2D eigenvalue weighted by molar-refractivity contribution is 7.09. The Hall–Kier alpha value is -1.63. The maximum atomic E-state index is 12.4. The normalized spacial score (nSPS) is 16.1. The number of furan rings is 1. The SMILES string of the molecule is COCc1ccc(C(=O)N2CCN(Cc3cccs3)CC2)o1. The van der Waals surface area contributed by atoms with E-state index in [1.807, 2.05) is 4.90 Å². The van der Waals surface area contributed by atoms with Crippen molar-refractivity contribution in [2.45, 2.75) is 13.2 Å². The Morgan fingerprint density at radius 2 is 2.09 bits per heavy atom. The number of thiophene rings is 1. The van der Waals surface area contributed by atoms with Crippen LogP contribution in [0, 0.1) is 0 Å². The van der Waals surface area contributed by atoms with Crippen molar-refractivity contribution < 1.29 is 13.9 Å². The van der Waals surface area contributed by atoms with Crippen LogP contribution in [0.5, 0.6) is 0 Å². The van der Waals surface area contributed by atoms with E-state index < -0.39 is 0 Å². The lowest BCUT2D eigenvalue weighted by molar-refractivity contribution is 0.0592. The number of rotatable bonds is 5. The fraction of sp³-hybridized carbons (Fsp3) is 0.438. The van der Waals surface area contributed by atoms with Crippen molar-refractivity contribution in [2.24, 2.45) is 0 Å². The number of piperazine rings is 1. The molecule has 0 radical (unpaired) electrons. The molecule has 3 heterocycles. The van der Waals surface area contributed by atoms with E-state index in [2.05, 4.69) is 22.4 Å². The highest BCUT2D eigenvalue weighted by Gasteiger charge is 2.24. The summed E-state index contributed by atoms with van der Waals surface area (Å²) in [4.78, 5) is 18.0. The molecule has 6 heteroatoms. The minimum Gasteiger partial charge on any atom is -0.453 e. The van der Waals surface area contributed by atoms with Gasteiger partial charge in [-0.05, 0) is 23.6 Å². The lowest BCUT2D eigenvalue weighted by Crippen LogP contribution is -2.48. The van der Waals surface area contributed by atoms with Crippen LogP contribution in [0.15, 0.2) is 34.1 Å². The van der Waals surface area contributed by atoms with E-state index in [0.29, 0.717) is 18.1 Å². The fourth-order valence-corrected chi connectivity index (χ4v) is 3.35. The van der Waals surface area contributed by atoms with Crippen molar-refractivity contribution in [3.8, 4) is 0 Å². The Morgan fingerprint density at radius 3 is 2.77 bits per heavy atom. The number of nitrogens with zero attached hydrogens (tertiary/aromatic N) is 2. The van der Waals surface area contributed by atoms with E-state index in [4.69, 9.17) is 9.15 Å². The molecule has 0 unspecified atom stereocenters. The van der Waals surface area contributed by atoms with Crippen LogP contribution in [0.1, 0.15) is 21.2 Å². The molecule has 5 nitrogen and oxygen atoms in total. The van der Waals surface area contributed by atoms with Crippen molar-refractivity contribution in [1.82, 2.24) is 9.80 Å². The van der Waals surface area contributed by atoms with Gasteiger partial charge in [-0.3, -0.25) is 9.69 Å². The van der Waals surface area contributed by atoms with E-state index in [9.17, 15) is 4.79 Å². The molecular weight excluding hydrogens is 300 g/mol. The Morgan fingerprint density at radius 1 is 1.27 bits per heavy atom. The van der Waals surface area contributed by atoms with Gasteiger partial charge in [0.05, 0.1) is 0 Å². The predicted molar refractivity (Wildman–Crippen MR) is 84.9 cm³/mol. The van der Waals surface area contributed by atoms with Gasteiger partial charge in [0.2, 0.25) is 0 Å². The number of carbonyl (C=O) groups is 1. The van der Waals surface area contributed by atoms with Crippen LogP contribution in [-0.2, 0) is 17.9 Å². The van der Waals surface area contributed by atoms with Crippen LogP contribution in [0.25, 0.3) is 0 Å². The summed E-state index contributed by atoms with van der Waals surface area (Å²) >= 11 is 1.78. The van der Waals surface area contributed by atoms with E-state index in [1.54, 1.807) is 30.6 Å². The average Bonchev–Trinajstić information content (AvgIpc) is 3.20. The second-order valence-corrected chi connectivity index (χ2v) is 6.38. The summed E-state index contributed by atoms with van der Waals surface area (Å²) in [5, 5.41) is 2.10. The number of ether oxygens (including phenoxy) is 1. The molecule has 2 aromatic rings. The Labute approximate surface area is 134 Å². The Kier molecular flexibility index (Phi) is 4.92. The molecular formula is C16H20N2O3S. The largest absolute Gasteiger partial charge is 0.453 e. The van der Waals surface area contributed by atoms with E-state index >= 15 is 0 Å². The molecule has 0 aromatic carbocycles. The molecule has 0 N–H and O–H groups in total. The minimum absolute atomic E-state index is 0.0295. The molecule has 0 spiro atoms. The van der Waals surface area contributed by atoms with Gasteiger partial charge in [-0.25, -0.2) is 0 Å². The monoisotopic (exact) mass is 320 g/mol. The molecule has 1 aliphatic heterocycles. The molecule has 0 saturated carbocycles. The van der Waals surface area contributed by atoms with Crippen LogP contribution in [0.4, 0.5) is 0 Å². The maximum absolute atomic E-state index is 12.4. The molecule has 1 saturated heterocycles. The second kappa shape index (κ2) is 7.09. The number of hydrogen-bond acceptors (Lipinski definition) is 5. The first-order valence-electron chi connectivity index (χ1n) is 7.38. The first-order valence-corrected chi connectivity index (χ1v) is 8.26. The highest BCUT2D eigenvalue weighted by Crippen LogP contribution is 2.16. The molecule has 0 atom stereocenters. The van der Waals surface area contributed by atoms with Crippen molar-refractivity contribution in [3.05, 3.63) is 46.0 Å². The zero-order valence-corrected chi connectivity index (χ0v) is 13.5. The van der Waals surface area contributed by atoms with Gasteiger partial charge in [0.25, 0.3) is 5.91 Å². The third kappa shape index (κ3) is 3.58. The molecule has 0 bridgehead atoms. The number of hydrogen-bond donors (Lipinski definition) is 0. The minimum atomic E-state index is -0.0295. The molecule has 118 valence electrons. The second-order valence-electron chi connectivity index (χ2n) is 5.35. The van der Waals surface area contributed by atoms with E-state index in [1.165, 1.54) is 4.88 Å². The third-order valence-electron chi connectivity index (χ3n) is 3.78. The van der Waals surface area contributed by atoms with Crippen LogP contribution < -0.4 is 0 Å². The van der Waals surface area contributed by atoms with Gasteiger partial charge in [-0.15, -0.1) is 11.3 Å². The fourth-order valence-electron chi connectivity index (χ4n) is 2.60. The predicted octanol–water partition coefficient (Wildman–Crippen LogP) is 2.45. The summed E-state index contributed by atoms with van der Waals surface area (Å²) in [6, 6.07) is 7.76. The van der Waals surface area contributed by atoms with Crippen LogP contribution >= 0.6 is 11.3 Å². The zero-order valence-electron chi connectivity index (χ0n) is 12.7. The summed E-state index contributed by atoms with van der Waals surface area (Å²) in [7, 11) is 1.61. The Bertz CT molecular complexity index is 601. The van der Waals surface area contributed by atoms with Gasteiger partial charge >= 0.3 is 0 Å². The third-order valence-corrected chi connectivity index (χ3v) is 4.64. The van der Waals surface area contributed by atoms with Gasteiger partial charge in [0, 0.05) is 44.7 Å². The molecule has 2 aromatic heterocycles. The van der Waals surface area contributed by atoms with Gasteiger partial charge in [0.15, 0.2) is 5.76 Å². The molecule has 22 heavy (non-hydrogen) atoms. The zero-order chi connectivity index (χ0) is 15.4. The van der Waals surface area contributed by atoms with Crippen molar-refractivity contribution in [1.29, 1.82) is 0 Å². The van der Waals surface area contributed by atoms with Gasteiger partial charge in [0.1, 0.15) is 12.4 Å². The topological polar surface area (TPSA) is 45.9 Å². The van der Waals surface area contributed by atoms with Gasteiger partial charge in [-0.2, -0.15) is 0 Å². The lowest BCUT2D eigenvalue weighted by Gasteiger charge is -2.34. The summed E-state index contributed by atoms with van der Waals surface area (Å²) in [6.07, 6.45) is 0. The summed E-state index contributed by atoms with van der Waals surface area (Å²) in [5.41, 5.74) is 0. The van der Waals surface area contributed by atoms with Crippen molar-refractivity contribution >= 4 is 17.2 Å². The molecule has 3 rings (SSSR count). The quantitative estimate of drug-likeness (QED) is 0.849. The van der Waals surface area contributed by atoms with Crippen molar-refractivity contribution in [3.63, 3.8) is 0 Å². The summed E-state index contributed by atoms with van der Waals surface area (Å²) in [5.74, 6) is 1.05.